The topological polar surface area (TPSA) is 295 Å². The zero-order chi connectivity index (χ0) is 27.8. The summed E-state index contributed by atoms with van der Waals surface area (Å²) < 4.78 is 0. The third-order valence-electron chi connectivity index (χ3n) is 4.57. The standard InChI is InChI=1S/C19H34N8O8S/c1-36-6-4-11(18(34)35)26-17(33)12(8-13(21)28)27-16(32)10(3-2-5-24-19(22)23)25-15(31)9(20)7-14(29)30/h9-12H,2-8,20H2,1H3,(H2,21,28)(H,25,31)(H,26,33)(H,27,32)(H,29,30)(H,34,35)(H4,22,23,24). The van der Waals surface area contributed by atoms with E-state index < -0.39 is 72.6 Å². The molecule has 4 amide bonds. The summed E-state index contributed by atoms with van der Waals surface area (Å²) in [5.41, 5.74) is 21.2. The number of nitrogens with one attached hydrogen (secondary N) is 3. The highest BCUT2D eigenvalue weighted by atomic mass is 32.2. The summed E-state index contributed by atoms with van der Waals surface area (Å²) in [6.07, 6.45) is 0.621. The molecule has 0 rings (SSSR count). The minimum Gasteiger partial charge on any atom is -0.481 e. The Balaban J connectivity index is 5.61. The summed E-state index contributed by atoms with van der Waals surface area (Å²) >= 11 is 1.36. The number of aliphatic carboxylic acids is 2. The molecule has 0 aliphatic heterocycles. The van der Waals surface area contributed by atoms with Crippen molar-refractivity contribution in [3.8, 4) is 0 Å². The number of aliphatic imine (C=N–C) groups is 1. The normalized spacial score (nSPS) is 13.8. The molecule has 36 heavy (non-hydrogen) atoms. The predicted octanol–water partition coefficient (Wildman–Crippen LogP) is -3.99. The van der Waals surface area contributed by atoms with Gasteiger partial charge in [-0.2, -0.15) is 11.8 Å². The summed E-state index contributed by atoms with van der Waals surface area (Å²) in [5.74, 6) is -6.21. The van der Waals surface area contributed by atoms with Gasteiger partial charge < -0.3 is 49.1 Å². The van der Waals surface area contributed by atoms with Crippen molar-refractivity contribution in [2.75, 3.05) is 18.6 Å². The van der Waals surface area contributed by atoms with Crippen LogP contribution in [0.5, 0.6) is 0 Å². The minimum absolute atomic E-state index is 0.0511. The number of nitrogens with zero attached hydrogens (tertiary/aromatic N) is 1. The van der Waals surface area contributed by atoms with Gasteiger partial charge in [-0.1, -0.05) is 0 Å². The van der Waals surface area contributed by atoms with Gasteiger partial charge in [0.1, 0.15) is 18.1 Å². The molecule has 0 aliphatic carbocycles. The number of carboxylic acid groups (broad SMARTS) is 2. The maximum Gasteiger partial charge on any atom is 0.326 e. The molecule has 0 aromatic carbocycles. The van der Waals surface area contributed by atoms with Gasteiger partial charge in [0, 0.05) is 6.54 Å². The number of carbonyl (C=O) groups is 6. The van der Waals surface area contributed by atoms with Crippen molar-refractivity contribution in [1.29, 1.82) is 0 Å². The first-order valence-corrected chi connectivity index (χ1v) is 12.1. The maximum absolute atomic E-state index is 12.9. The molecule has 204 valence electrons. The lowest BCUT2D eigenvalue weighted by molar-refractivity contribution is -0.142. The third-order valence-corrected chi connectivity index (χ3v) is 5.22. The SMILES string of the molecule is CSCCC(NC(=O)C(CC(N)=O)NC(=O)C(CCCN=C(N)N)NC(=O)C(N)CC(=O)O)C(=O)O. The molecule has 0 aromatic rings. The minimum atomic E-state index is -1.55. The van der Waals surface area contributed by atoms with Crippen LogP contribution in [0.25, 0.3) is 0 Å². The Labute approximate surface area is 211 Å². The Morgan fingerprint density at radius 2 is 1.39 bits per heavy atom. The molecule has 4 atom stereocenters. The highest BCUT2D eigenvalue weighted by Gasteiger charge is 2.31. The average Bonchev–Trinajstić information content (AvgIpc) is 2.76. The first kappa shape index (κ1) is 32.4. The van der Waals surface area contributed by atoms with Crippen LogP contribution in [0.4, 0.5) is 0 Å². The van der Waals surface area contributed by atoms with E-state index in [1.807, 2.05) is 0 Å². The Morgan fingerprint density at radius 3 is 1.89 bits per heavy atom. The summed E-state index contributed by atoms with van der Waals surface area (Å²) in [6, 6.07) is -5.60. The maximum atomic E-state index is 12.9. The van der Waals surface area contributed by atoms with Gasteiger partial charge in [0.25, 0.3) is 0 Å². The summed E-state index contributed by atoms with van der Waals surface area (Å²) in [4.78, 5) is 75.4. The van der Waals surface area contributed by atoms with E-state index in [0.29, 0.717) is 5.75 Å². The molecule has 0 radical (unpaired) electrons. The zero-order valence-corrected chi connectivity index (χ0v) is 20.6. The zero-order valence-electron chi connectivity index (χ0n) is 19.8. The Bertz CT molecular complexity index is 836. The number of amides is 4. The Morgan fingerprint density at radius 1 is 0.833 bits per heavy atom. The second kappa shape index (κ2) is 16.9. The van der Waals surface area contributed by atoms with Gasteiger partial charge in [-0.25, -0.2) is 4.79 Å². The monoisotopic (exact) mass is 534 g/mol. The fourth-order valence-corrected chi connectivity index (χ4v) is 3.25. The molecular weight excluding hydrogens is 500 g/mol. The van der Waals surface area contributed by atoms with Crippen molar-refractivity contribution in [2.24, 2.45) is 27.9 Å². The van der Waals surface area contributed by atoms with Crippen LogP contribution in [0.1, 0.15) is 32.1 Å². The molecule has 0 saturated carbocycles. The largest absolute Gasteiger partial charge is 0.481 e. The van der Waals surface area contributed by atoms with Crippen molar-refractivity contribution < 1.29 is 39.0 Å². The van der Waals surface area contributed by atoms with Gasteiger partial charge in [-0.15, -0.1) is 0 Å². The lowest BCUT2D eigenvalue weighted by atomic mass is 10.1. The third kappa shape index (κ3) is 14.0. The highest BCUT2D eigenvalue weighted by Crippen LogP contribution is 2.05. The van der Waals surface area contributed by atoms with Crippen LogP contribution in [0, 0.1) is 0 Å². The van der Waals surface area contributed by atoms with Crippen molar-refractivity contribution in [3.63, 3.8) is 0 Å². The lowest BCUT2D eigenvalue weighted by Gasteiger charge is -2.24. The smallest absolute Gasteiger partial charge is 0.326 e. The van der Waals surface area contributed by atoms with Gasteiger partial charge in [-0.05, 0) is 31.3 Å². The number of rotatable bonds is 18. The van der Waals surface area contributed by atoms with Gasteiger partial charge in [0.05, 0.1) is 18.9 Å². The number of nitrogens with two attached hydrogens (primary N) is 4. The molecule has 0 fully saturated rings. The van der Waals surface area contributed by atoms with E-state index in [0.717, 1.165) is 0 Å². The molecule has 16 nitrogen and oxygen atoms in total. The number of hydrogen-bond acceptors (Lipinski definition) is 9. The van der Waals surface area contributed by atoms with Crippen molar-refractivity contribution in [3.05, 3.63) is 0 Å². The van der Waals surface area contributed by atoms with Crippen molar-refractivity contribution in [1.82, 2.24) is 16.0 Å². The van der Waals surface area contributed by atoms with E-state index >= 15 is 0 Å². The number of hydrogen-bond donors (Lipinski definition) is 9. The summed E-state index contributed by atoms with van der Waals surface area (Å²) in [5, 5.41) is 25.0. The van der Waals surface area contributed by atoms with Gasteiger partial charge in [0.15, 0.2) is 5.96 Å². The van der Waals surface area contributed by atoms with Crippen LogP contribution in [-0.4, -0.2) is 94.5 Å². The summed E-state index contributed by atoms with van der Waals surface area (Å²) in [7, 11) is 0. The molecule has 0 aromatic heterocycles. The molecule has 0 spiro atoms. The van der Waals surface area contributed by atoms with E-state index in [9.17, 15) is 33.9 Å². The Kier molecular flexibility index (Phi) is 15.2. The van der Waals surface area contributed by atoms with Gasteiger partial charge >= 0.3 is 11.9 Å². The van der Waals surface area contributed by atoms with Crippen LogP contribution in [0.3, 0.4) is 0 Å². The molecule has 17 heteroatoms. The first-order valence-electron chi connectivity index (χ1n) is 10.7. The number of thioether (sulfide) groups is 1. The van der Waals surface area contributed by atoms with E-state index in [-0.39, 0.29) is 31.8 Å². The molecule has 4 unspecified atom stereocenters. The van der Waals surface area contributed by atoms with E-state index in [2.05, 4.69) is 20.9 Å². The molecule has 0 saturated heterocycles. The second-order valence-corrected chi connectivity index (χ2v) is 8.61. The van der Waals surface area contributed by atoms with Gasteiger partial charge in [-0.3, -0.25) is 29.0 Å². The lowest BCUT2D eigenvalue weighted by Crippen LogP contribution is -2.57. The first-order chi connectivity index (χ1) is 16.8. The Hall–Kier alpha value is -3.60. The number of primary amides is 1. The molecule has 0 bridgehead atoms. The van der Waals surface area contributed by atoms with E-state index in [1.54, 1.807) is 6.26 Å². The van der Waals surface area contributed by atoms with Crippen LogP contribution in [0.15, 0.2) is 4.99 Å². The number of carboxylic acids is 2. The van der Waals surface area contributed by atoms with E-state index in [1.165, 1.54) is 11.8 Å². The fourth-order valence-electron chi connectivity index (χ4n) is 2.78. The van der Waals surface area contributed by atoms with Crippen LogP contribution < -0.4 is 38.9 Å². The molecular formula is C19H34N8O8S. The predicted molar refractivity (Wildman–Crippen MR) is 130 cm³/mol. The molecule has 13 N–H and O–H groups in total. The van der Waals surface area contributed by atoms with Crippen molar-refractivity contribution >= 4 is 53.3 Å². The quantitative estimate of drug-likeness (QED) is 0.0462. The van der Waals surface area contributed by atoms with E-state index in [4.69, 9.17) is 28.0 Å². The number of carbonyl (C=O) groups excluding carboxylic acids is 4. The number of guanidine groups is 1. The van der Waals surface area contributed by atoms with Crippen LogP contribution in [0.2, 0.25) is 0 Å². The van der Waals surface area contributed by atoms with Crippen LogP contribution >= 0.6 is 11.8 Å². The highest BCUT2D eigenvalue weighted by molar-refractivity contribution is 7.98. The van der Waals surface area contributed by atoms with Gasteiger partial charge in [0.2, 0.25) is 23.6 Å². The average molecular weight is 535 g/mol. The summed E-state index contributed by atoms with van der Waals surface area (Å²) in [6.45, 7) is 0.0874. The molecule has 0 heterocycles. The fraction of sp³-hybridized carbons (Fsp3) is 0.632. The second-order valence-electron chi connectivity index (χ2n) is 7.63. The molecule has 0 aliphatic rings. The van der Waals surface area contributed by atoms with Crippen LogP contribution in [-0.2, 0) is 28.8 Å². The van der Waals surface area contributed by atoms with Crippen molar-refractivity contribution in [2.45, 2.75) is 56.3 Å².